The second kappa shape index (κ2) is 4.07. The topological polar surface area (TPSA) is 22.1 Å². The normalized spacial score (nSPS) is 10.9. The molecule has 1 aromatic heterocycles. The van der Waals surface area contributed by atoms with E-state index in [1.165, 1.54) is 0 Å². The van der Waals surface area contributed by atoms with E-state index >= 15 is 0 Å². The van der Waals surface area contributed by atoms with Crippen LogP contribution in [0.4, 0.5) is 0 Å². The van der Waals surface area contributed by atoms with Crippen LogP contribution in [0.3, 0.4) is 0 Å². The predicted octanol–water partition coefficient (Wildman–Crippen LogP) is 3.68. The number of pyridine rings is 1. The second-order valence-electron chi connectivity index (χ2n) is 3.63. The first-order chi connectivity index (χ1) is 7.18. The number of rotatable bonds is 2. The summed E-state index contributed by atoms with van der Waals surface area (Å²) in [5.74, 6) is 0.782. The van der Waals surface area contributed by atoms with Crippen LogP contribution in [0.5, 0.6) is 5.75 Å². The molecule has 0 bridgehead atoms. The molecular formula is C12H12ClNO. The van der Waals surface area contributed by atoms with Gasteiger partial charge in [-0.2, -0.15) is 0 Å². The lowest BCUT2D eigenvalue weighted by Gasteiger charge is -2.12. The van der Waals surface area contributed by atoms with Crippen molar-refractivity contribution < 1.29 is 4.74 Å². The molecule has 0 radical (unpaired) electrons. The first kappa shape index (κ1) is 10.2. The molecular weight excluding hydrogens is 210 g/mol. The van der Waals surface area contributed by atoms with E-state index in [4.69, 9.17) is 16.3 Å². The molecule has 2 aromatic rings. The van der Waals surface area contributed by atoms with Crippen molar-refractivity contribution in [1.82, 2.24) is 4.98 Å². The van der Waals surface area contributed by atoms with Gasteiger partial charge in [0.15, 0.2) is 0 Å². The van der Waals surface area contributed by atoms with Crippen LogP contribution < -0.4 is 4.74 Å². The Bertz CT molecular complexity index is 482. The fourth-order valence-corrected chi connectivity index (χ4v) is 1.69. The highest BCUT2D eigenvalue weighted by Crippen LogP contribution is 2.29. The fraction of sp³-hybridized carbons (Fsp3) is 0.250. The van der Waals surface area contributed by atoms with Gasteiger partial charge in [-0.15, -0.1) is 0 Å². The number of hydrogen-bond donors (Lipinski definition) is 0. The third-order valence-corrected chi connectivity index (χ3v) is 2.37. The Morgan fingerprint density at radius 2 is 1.87 bits per heavy atom. The number of halogens is 1. The molecule has 0 amide bonds. The molecule has 2 nitrogen and oxygen atoms in total. The van der Waals surface area contributed by atoms with Gasteiger partial charge in [-0.3, -0.25) is 0 Å². The zero-order chi connectivity index (χ0) is 10.8. The van der Waals surface area contributed by atoms with Crippen LogP contribution in [0.1, 0.15) is 13.8 Å². The molecule has 15 heavy (non-hydrogen) atoms. The molecule has 2 rings (SSSR count). The molecule has 0 spiro atoms. The van der Waals surface area contributed by atoms with Crippen molar-refractivity contribution in [3.05, 3.63) is 35.6 Å². The quantitative estimate of drug-likeness (QED) is 0.722. The zero-order valence-electron chi connectivity index (χ0n) is 8.70. The van der Waals surface area contributed by atoms with Gasteiger partial charge in [0.05, 0.1) is 12.3 Å². The molecule has 0 fully saturated rings. The third kappa shape index (κ3) is 2.05. The van der Waals surface area contributed by atoms with Crippen LogP contribution in [-0.2, 0) is 0 Å². The lowest BCUT2D eigenvalue weighted by Crippen LogP contribution is -2.06. The van der Waals surface area contributed by atoms with Crippen molar-refractivity contribution in [2.45, 2.75) is 20.0 Å². The maximum absolute atomic E-state index is 6.00. The van der Waals surface area contributed by atoms with Gasteiger partial charge in [0.2, 0.25) is 0 Å². The van der Waals surface area contributed by atoms with E-state index in [0.717, 1.165) is 16.5 Å². The van der Waals surface area contributed by atoms with Crippen molar-refractivity contribution in [2.75, 3.05) is 0 Å². The lowest BCUT2D eigenvalue weighted by molar-refractivity contribution is 0.244. The Labute approximate surface area is 93.8 Å². The Morgan fingerprint density at radius 1 is 1.20 bits per heavy atom. The van der Waals surface area contributed by atoms with E-state index in [0.29, 0.717) is 5.15 Å². The summed E-state index contributed by atoms with van der Waals surface area (Å²) in [6, 6.07) is 7.83. The predicted molar refractivity (Wildman–Crippen MR) is 62.5 cm³/mol. The highest BCUT2D eigenvalue weighted by atomic mass is 35.5. The summed E-state index contributed by atoms with van der Waals surface area (Å²) in [7, 11) is 0. The van der Waals surface area contributed by atoms with Gasteiger partial charge in [-0.25, -0.2) is 4.98 Å². The summed E-state index contributed by atoms with van der Waals surface area (Å²) in [4.78, 5) is 4.10. The minimum absolute atomic E-state index is 0.136. The van der Waals surface area contributed by atoms with Crippen LogP contribution in [0.2, 0.25) is 5.15 Å². The van der Waals surface area contributed by atoms with Gasteiger partial charge >= 0.3 is 0 Å². The van der Waals surface area contributed by atoms with Crippen LogP contribution in [-0.4, -0.2) is 11.1 Å². The minimum atomic E-state index is 0.136. The van der Waals surface area contributed by atoms with Crippen molar-refractivity contribution in [3.8, 4) is 5.75 Å². The van der Waals surface area contributed by atoms with Gasteiger partial charge in [-0.1, -0.05) is 35.9 Å². The molecule has 1 aromatic carbocycles. The van der Waals surface area contributed by atoms with Crippen LogP contribution in [0.25, 0.3) is 10.8 Å². The maximum Gasteiger partial charge on any atom is 0.145 e. The molecule has 78 valence electrons. The number of fused-ring (bicyclic) bond motifs is 1. The van der Waals surface area contributed by atoms with E-state index in [1.54, 1.807) is 6.20 Å². The third-order valence-electron chi connectivity index (χ3n) is 2.07. The van der Waals surface area contributed by atoms with E-state index in [1.807, 2.05) is 38.1 Å². The largest absolute Gasteiger partial charge is 0.489 e. The van der Waals surface area contributed by atoms with Crippen molar-refractivity contribution in [2.24, 2.45) is 0 Å². The first-order valence-corrected chi connectivity index (χ1v) is 5.26. The van der Waals surface area contributed by atoms with E-state index in [2.05, 4.69) is 4.98 Å². The molecule has 1 heterocycles. The van der Waals surface area contributed by atoms with Gasteiger partial charge in [0.25, 0.3) is 0 Å². The van der Waals surface area contributed by atoms with E-state index in [9.17, 15) is 0 Å². The zero-order valence-corrected chi connectivity index (χ0v) is 9.45. The molecule has 0 aliphatic carbocycles. The molecule has 0 unspecified atom stereocenters. The minimum Gasteiger partial charge on any atom is -0.489 e. The average molecular weight is 222 g/mol. The molecule has 0 atom stereocenters. The SMILES string of the molecule is CC(C)Oc1cnc(Cl)c2ccccc12. The summed E-state index contributed by atoms with van der Waals surface area (Å²) in [6.45, 7) is 3.98. The summed E-state index contributed by atoms with van der Waals surface area (Å²) < 4.78 is 5.66. The highest BCUT2D eigenvalue weighted by molar-refractivity contribution is 6.34. The molecule has 3 heteroatoms. The standard InChI is InChI=1S/C12H12ClNO/c1-8(2)15-11-7-14-12(13)10-6-4-3-5-9(10)11/h3-8H,1-2H3. The van der Waals surface area contributed by atoms with Gasteiger partial charge in [0, 0.05) is 10.8 Å². The van der Waals surface area contributed by atoms with Gasteiger partial charge < -0.3 is 4.74 Å². The van der Waals surface area contributed by atoms with Crippen molar-refractivity contribution in [3.63, 3.8) is 0 Å². The Balaban J connectivity index is 2.61. The summed E-state index contributed by atoms with van der Waals surface area (Å²) in [5, 5.41) is 2.45. The molecule has 0 saturated carbocycles. The van der Waals surface area contributed by atoms with Gasteiger partial charge in [-0.05, 0) is 13.8 Å². The average Bonchev–Trinajstić information content (AvgIpc) is 2.22. The summed E-state index contributed by atoms with van der Waals surface area (Å²) >= 11 is 6.00. The number of benzene rings is 1. The van der Waals surface area contributed by atoms with Gasteiger partial charge in [0.1, 0.15) is 10.9 Å². The smallest absolute Gasteiger partial charge is 0.145 e. The Kier molecular flexibility index (Phi) is 2.78. The number of nitrogens with zero attached hydrogens (tertiary/aromatic N) is 1. The van der Waals surface area contributed by atoms with Crippen molar-refractivity contribution in [1.29, 1.82) is 0 Å². The Morgan fingerprint density at radius 3 is 2.53 bits per heavy atom. The fourth-order valence-electron chi connectivity index (χ4n) is 1.48. The van der Waals surface area contributed by atoms with Crippen molar-refractivity contribution >= 4 is 22.4 Å². The maximum atomic E-state index is 6.00. The van der Waals surface area contributed by atoms with Crippen LogP contribution in [0.15, 0.2) is 30.5 Å². The summed E-state index contributed by atoms with van der Waals surface area (Å²) in [5.41, 5.74) is 0. The monoisotopic (exact) mass is 221 g/mol. The Hall–Kier alpha value is -1.28. The number of ether oxygens (including phenoxy) is 1. The highest BCUT2D eigenvalue weighted by Gasteiger charge is 2.07. The summed E-state index contributed by atoms with van der Waals surface area (Å²) in [6.07, 6.45) is 1.81. The van der Waals surface area contributed by atoms with Crippen LogP contribution in [0, 0.1) is 0 Å². The second-order valence-corrected chi connectivity index (χ2v) is 3.98. The van der Waals surface area contributed by atoms with Crippen LogP contribution >= 0.6 is 11.6 Å². The lowest BCUT2D eigenvalue weighted by atomic mass is 10.1. The molecule has 0 saturated heterocycles. The first-order valence-electron chi connectivity index (χ1n) is 4.88. The molecule has 0 aliphatic rings. The number of hydrogen-bond acceptors (Lipinski definition) is 2. The number of aromatic nitrogens is 1. The van der Waals surface area contributed by atoms with E-state index in [-0.39, 0.29) is 6.10 Å². The van der Waals surface area contributed by atoms with E-state index < -0.39 is 0 Å². The molecule has 0 N–H and O–H groups in total. The molecule has 0 aliphatic heterocycles.